The topological polar surface area (TPSA) is 77.6 Å². The minimum absolute atomic E-state index is 0.270. The molecule has 9 heteroatoms. The number of imidazole rings is 1. The quantitative estimate of drug-likeness (QED) is 0.413. The van der Waals surface area contributed by atoms with Crippen molar-refractivity contribution in [2.24, 2.45) is 0 Å². The van der Waals surface area contributed by atoms with Gasteiger partial charge in [0.1, 0.15) is 11.5 Å². The van der Waals surface area contributed by atoms with Gasteiger partial charge in [-0.05, 0) is 61.7 Å². The number of carbonyl (C=O) groups is 1. The number of aromatic nitrogens is 5. The summed E-state index contributed by atoms with van der Waals surface area (Å²) in [5.41, 5.74) is 2.85. The van der Waals surface area contributed by atoms with E-state index in [1.54, 1.807) is 29.0 Å². The Hall–Kier alpha value is -3.59. The highest BCUT2D eigenvalue weighted by Crippen LogP contribution is 2.36. The van der Waals surface area contributed by atoms with Gasteiger partial charge in [-0.25, -0.2) is 15.0 Å². The number of nitrogens with zero attached hydrogens (tertiary/aromatic N) is 5. The van der Waals surface area contributed by atoms with Gasteiger partial charge in [-0.3, -0.25) is 10.1 Å². The third-order valence-corrected chi connectivity index (χ3v) is 6.03. The van der Waals surface area contributed by atoms with Crippen molar-refractivity contribution in [1.82, 2.24) is 24.1 Å². The Morgan fingerprint density at radius 2 is 2.12 bits per heavy atom. The molecule has 0 spiro atoms. The molecule has 5 rings (SSSR count). The van der Waals surface area contributed by atoms with E-state index in [1.165, 1.54) is 36.4 Å². The van der Waals surface area contributed by atoms with E-state index in [0.717, 1.165) is 22.8 Å². The highest BCUT2D eigenvalue weighted by molar-refractivity contribution is 7.14. The number of carbonyl (C=O) groups excluding carboxylic acids is 1. The third-order valence-electron chi connectivity index (χ3n) is 5.25. The summed E-state index contributed by atoms with van der Waals surface area (Å²) in [7, 11) is 0. The molecule has 0 aliphatic heterocycles. The maximum atomic E-state index is 13.4. The fourth-order valence-corrected chi connectivity index (χ4v) is 4.23. The van der Waals surface area contributed by atoms with Crippen molar-refractivity contribution in [3.8, 4) is 0 Å². The van der Waals surface area contributed by atoms with Crippen molar-refractivity contribution in [2.45, 2.75) is 32.4 Å². The second kappa shape index (κ2) is 8.51. The van der Waals surface area contributed by atoms with Crippen molar-refractivity contribution in [2.75, 3.05) is 5.32 Å². The Bertz CT molecular complexity index is 1300. The second-order valence-electron chi connectivity index (χ2n) is 7.72. The number of aryl methyl sites for hydroxylation is 1. The third kappa shape index (κ3) is 4.52. The summed E-state index contributed by atoms with van der Waals surface area (Å²) in [6.45, 7) is 2.39. The Morgan fingerprint density at radius 3 is 2.94 bits per heavy atom. The average Bonchev–Trinajstić information content (AvgIpc) is 3.15. The normalized spacial score (nSPS) is 13.7. The van der Waals surface area contributed by atoms with Gasteiger partial charge in [-0.15, -0.1) is 11.3 Å². The zero-order valence-electron chi connectivity index (χ0n) is 17.4. The van der Waals surface area contributed by atoms with Gasteiger partial charge in [0, 0.05) is 36.6 Å². The minimum Gasteiger partial charge on any atom is -0.339 e. The molecule has 4 heterocycles. The van der Waals surface area contributed by atoms with Crippen LogP contribution in [0.15, 0.2) is 48.2 Å². The summed E-state index contributed by atoms with van der Waals surface area (Å²) < 4.78 is 17.3. The fourth-order valence-electron chi connectivity index (χ4n) is 3.56. The lowest BCUT2D eigenvalue weighted by Gasteiger charge is -2.09. The van der Waals surface area contributed by atoms with Crippen LogP contribution in [0.1, 0.15) is 52.1 Å². The molecule has 7 nitrogen and oxygen atoms in total. The molecule has 4 aromatic rings. The van der Waals surface area contributed by atoms with Crippen LogP contribution in [0.3, 0.4) is 0 Å². The standard InChI is InChI=1S/C23H21FN6OS/c1-15-26-17(13-30(15)19-6-7-19)4-5-18-14-32-23(27-18)28-22(31)20-3-2-10-29(20)12-16-8-9-25-21(24)11-16/h2-5,8-11,13-14,19H,6-7,12H2,1H3,(H,27,28,31)/b5-4+. The molecule has 1 N–H and O–H groups in total. The molecule has 0 saturated heterocycles. The average molecular weight is 449 g/mol. The smallest absolute Gasteiger partial charge is 0.274 e. The highest BCUT2D eigenvalue weighted by Gasteiger charge is 2.24. The van der Waals surface area contributed by atoms with Crippen molar-refractivity contribution >= 4 is 34.5 Å². The van der Waals surface area contributed by atoms with Gasteiger partial charge in [0.2, 0.25) is 5.95 Å². The molecular formula is C23H21FN6OS. The van der Waals surface area contributed by atoms with Crippen molar-refractivity contribution in [3.63, 3.8) is 0 Å². The first-order chi connectivity index (χ1) is 15.5. The number of hydrogen-bond acceptors (Lipinski definition) is 5. The van der Waals surface area contributed by atoms with E-state index < -0.39 is 5.95 Å². The largest absolute Gasteiger partial charge is 0.339 e. The summed E-state index contributed by atoms with van der Waals surface area (Å²) in [4.78, 5) is 25.4. The number of anilines is 1. The lowest BCUT2D eigenvalue weighted by Crippen LogP contribution is -2.17. The molecule has 4 aromatic heterocycles. The van der Waals surface area contributed by atoms with E-state index in [-0.39, 0.29) is 5.91 Å². The number of nitrogens with one attached hydrogen (secondary N) is 1. The zero-order valence-corrected chi connectivity index (χ0v) is 18.2. The van der Waals surface area contributed by atoms with E-state index in [9.17, 15) is 9.18 Å². The number of rotatable bonds is 7. The summed E-state index contributed by atoms with van der Waals surface area (Å²) in [5.74, 6) is 0.211. The highest BCUT2D eigenvalue weighted by atomic mass is 32.1. The van der Waals surface area contributed by atoms with E-state index in [1.807, 2.05) is 24.5 Å². The molecule has 1 amide bonds. The van der Waals surface area contributed by atoms with Gasteiger partial charge >= 0.3 is 0 Å². The van der Waals surface area contributed by atoms with E-state index >= 15 is 0 Å². The van der Waals surface area contributed by atoms with Crippen LogP contribution in [0, 0.1) is 12.9 Å². The van der Waals surface area contributed by atoms with Gasteiger partial charge in [-0.2, -0.15) is 4.39 Å². The summed E-state index contributed by atoms with van der Waals surface area (Å²) in [6, 6.07) is 7.18. The molecule has 0 radical (unpaired) electrons. The Morgan fingerprint density at radius 1 is 1.28 bits per heavy atom. The predicted octanol–water partition coefficient (Wildman–Crippen LogP) is 4.79. The molecule has 0 unspecified atom stereocenters. The van der Waals surface area contributed by atoms with Crippen LogP contribution in [-0.2, 0) is 6.54 Å². The van der Waals surface area contributed by atoms with Gasteiger partial charge in [0.25, 0.3) is 5.91 Å². The molecule has 1 fully saturated rings. The number of halogens is 1. The fraction of sp³-hybridized carbons (Fsp3) is 0.217. The maximum Gasteiger partial charge on any atom is 0.274 e. The molecule has 1 aliphatic carbocycles. The Kier molecular flexibility index (Phi) is 5.40. The molecule has 32 heavy (non-hydrogen) atoms. The summed E-state index contributed by atoms with van der Waals surface area (Å²) in [6.07, 6.45) is 11.5. The lowest BCUT2D eigenvalue weighted by atomic mass is 10.2. The first kappa shape index (κ1) is 20.3. The van der Waals surface area contributed by atoms with Crippen LogP contribution in [0.4, 0.5) is 9.52 Å². The number of thiazole rings is 1. The van der Waals surface area contributed by atoms with Crippen molar-refractivity contribution in [1.29, 1.82) is 0 Å². The van der Waals surface area contributed by atoms with Crippen LogP contribution >= 0.6 is 11.3 Å². The molecule has 0 atom stereocenters. The monoisotopic (exact) mass is 448 g/mol. The molecular weight excluding hydrogens is 427 g/mol. The summed E-state index contributed by atoms with van der Waals surface area (Å²) >= 11 is 1.36. The minimum atomic E-state index is -0.543. The molecule has 1 aliphatic rings. The first-order valence-electron chi connectivity index (χ1n) is 10.3. The summed E-state index contributed by atoms with van der Waals surface area (Å²) in [5, 5.41) is 5.24. The van der Waals surface area contributed by atoms with Crippen LogP contribution in [0.5, 0.6) is 0 Å². The van der Waals surface area contributed by atoms with Crippen LogP contribution < -0.4 is 5.32 Å². The zero-order chi connectivity index (χ0) is 22.1. The second-order valence-corrected chi connectivity index (χ2v) is 8.58. The number of pyridine rings is 1. The van der Waals surface area contributed by atoms with Gasteiger partial charge < -0.3 is 9.13 Å². The number of hydrogen-bond donors (Lipinski definition) is 1. The van der Waals surface area contributed by atoms with Crippen LogP contribution in [0.2, 0.25) is 0 Å². The SMILES string of the molecule is Cc1nc(/C=C/c2csc(NC(=O)c3cccn3Cc3ccnc(F)c3)n2)cn1C1CC1. The Balaban J connectivity index is 1.24. The first-order valence-corrected chi connectivity index (χ1v) is 11.2. The van der Waals surface area contributed by atoms with Gasteiger partial charge in [0.15, 0.2) is 5.13 Å². The Labute approximate surface area is 188 Å². The molecule has 0 aromatic carbocycles. The molecule has 0 bridgehead atoms. The lowest BCUT2D eigenvalue weighted by molar-refractivity contribution is 0.101. The van der Waals surface area contributed by atoms with Crippen molar-refractivity contribution in [3.05, 3.63) is 82.7 Å². The molecule has 1 saturated carbocycles. The van der Waals surface area contributed by atoms with Crippen LogP contribution in [0.25, 0.3) is 12.2 Å². The van der Waals surface area contributed by atoms with E-state index in [0.29, 0.717) is 23.4 Å². The molecule has 162 valence electrons. The number of amides is 1. The van der Waals surface area contributed by atoms with Crippen molar-refractivity contribution < 1.29 is 9.18 Å². The van der Waals surface area contributed by atoms with E-state index in [4.69, 9.17) is 0 Å². The van der Waals surface area contributed by atoms with Gasteiger partial charge in [0.05, 0.1) is 11.4 Å². The van der Waals surface area contributed by atoms with Crippen LogP contribution in [-0.4, -0.2) is 30.0 Å². The van der Waals surface area contributed by atoms with Gasteiger partial charge in [-0.1, -0.05) is 0 Å². The van der Waals surface area contributed by atoms with E-state index in [2.05, 4.69) is 31.0 Å². The predicted molar refractivity (Wildman–Crippen MR) is 122 cm³/mol. The maximum absolute atomic E-state index is 13.4.